The number of ether oxygens (including phenoxy) is 2. The maximum Gasteiger partial charge on any atom is 0.123 e. The number of hydrogen-bond acceptors (Lipinski definition) is 4. The lowest BCUT2D eigenvalue weighted by Crippen LogP contribution is -2.34. The Morgan fingerprint density at radius 2 is 2.10 bits per heavy atom. The Kier molecular flexibility index (Phi) is 5.88. The zero-order valence-electron chi connectivity index (χ0n) is 13.1. The Labute approximate surface area is 127 Å². The molecular formula is C17H27NO3. The van der Waals surface area contributed by atoms with Crippen LogP contribution in [0.15, 0.2) is 24.3 Å². The molecule has 1 aliphatic carbocycles. The van der Waals surface area contributed by atoms with Crippen LogP contribution in [0.5, 0.6) is 11.5 Å². The summed E-state index contributed by atoms with van der Waals surface area (Å²) in [5.74, 6) is 1.48. The van der Waals surface area contributed by atoms with Crippen molar-refractivity contribution in [3.63, 3.8) is 0 Å². The molecule has 21 heavy (non-hydrogen) atoms. The molecule has 0 spiro atoms. The second kappa shape index (κ2) is 7.66. The van der Waals surface area contributed by atoms with Gasteiger partial charge in [-0.2, -0.15) is 0 Å². The van der Waals surface area contributed by atoms with E-state index in [1.54, 1.807) is 7.11 Å². The fourth-order valence-corrected chi connectivity index (χ4v) is 2.67. The van der Waals surface area contributed by atoms with Crippen LogP contribution in [-0.4, -0.2) is 38.0 Å². The molecule has 0 radical (unpaired) electrons. The molecule has 0 bridgehead atoms. The molecule has 118 valence electrons. The van der Waals surface area contributed by atoms with Crippen LogP contribution in [0.25, 0.3) is 0 Å². The largest absolute Gasteiger partial charge is 0.497 e. The van der Waals surface area contributed by atoms with Crippen molar-refractivity contribution in [3.05, 3.63) is 24.3 Å². The van der Waals surface area contributed by atoms with Gasteiger partial charge in [-0.1, -0.05) is 19.4 Å². The van der Waals surface area contributed by atoms with E-state index in [-0.39, 0.29) is 0 Å². The highest BCUT2D eigenvalue weighted by Gasteiger charge is 2.40. The molecule has 4 nitrogen and oxygen atoms in total. The van der Waals surface area contributed by atoms with Gasteiger partial charge in [0.1, 0.15) is 24.2 Å². The number of hydrogen-bond donors (Lipinski definition) is 2. The Morgan fingerprint density at radius 1 is 1.33 bits per heavy atom. The number of benzene rings is 1. The van der Waals surface area contributed by atoms with Gasteiger partial charge in [0.2, 0.25) is 0 Å². The van der Waals surface area contributed by atoms with Crippen LogP contribution < -0.4 is 14.8 Å². The number of aliphatic hydroxyl groups excluding tert-OH is 1. The summed E-state index contributed by atoms with van der Waals surface area (Å²) in [7, 11) is 1.63. The zero-order chi connectivity index (χ0) is 15.1. The summed E-state index contributed by atoms with van der Waals surface area (Å²) in [5, 5.41) is 13.3. The van der Waals surface area contributed by atoms with Gasteiger partial charge in [-0.05, 0) is 36.8 Å². The molecule has 2 rings (SSSR count). The van der Waals surface area contributed by atoms with Crippen LogP contribution in [-0.2, 0) is 0 Å². The van der Waals surface area contributed by atoms with Crippen molar-refractivity contribution in [1.82, 2.24) is 5.32 Å². The molecule has 1 fully saturated rings. The fraction of sp³-hybridized carbons (Fsp3) is 0.647. The van der Waals surface area contributed by atoms with Crippen molar-refractivity contribution in [2.45, 2.75) is 38.7 Å². The zero-order valence-corrected chi connectivity index (χ0v) is 13.1. The standard InChI is InChI=1S/C17H27NO3/c1-3-7-17(8-9-17)13-18-11-14(19)12-21-16-6-4-5-15(10-16)20-2/h4-6,10,14,18-19H,3,7-9,11-13H2,1-2H3. The Bertz CT molecular complexity index is 432. The Hall–Kier alpha value is -1.26. The van der Waals surface area contributed by atoms with Crippen LogP contribution in [0.2, 0.25) is 0 Å². The molecule has 1 unspecified atom stereocenters. The Morgan fingerprint density at radius 3 is 2.76 bits per heavy atom. The molecule has 0 saturated heterocycles. The molecule has 2 N–H and O–H groups in total. The molecule has 1 aromatic rings. The molecule has 1 saturated carbocycles. The lowest BCUT2D eigenvalue weighted by Gasteiger charge is -2.17. The molecular weight excluding hydrogens is 266 g/mol. The van der Waals surface area contributed by atoms with Gasteiger partial charge in [-0.15, -0.1) is 0 Å². The number of rotatable bonds is 10. The lowest BCUT2D eigenvalue weighted by atomic mass is 10.0. The summed E-state index contributed by atoms with van der Waals surface area (Å²) in [6, 6.07) is 7.43. The normalized spacial score (nSPS) is 17.3. The van der Waals surface area contributed by atoms with Crippen LogP contribution in [0.3, 0.4) is 0 Å². The van der Waals surface area contributed by atoms with Gasteiger partial charge in [-0.25, -0.2) is 0 Å². The summed E-state index contributed by atoms with van der Waals surface area (Å²) < 4.78 is 10.7. The minimum atomic E-state index is -0.492. The molecule has 4 heteroatoms. The third-order valence-electron chi connectivity index (χ3n) is 4.10. The van der Waals surface area contributed by atoms with Crippen molar-refractivity contribution < 1.29 is 14.6 Å². The van der Waals surface area contributed by atoms with Crippen LogP contribution in [0.1, 0.15) is 32.6 Å². The van der Waals surface area contributed by atoms with Gasteiger partial charge in [0.15, 0.2) is 0 Å². The molecule has 0 heterocycles. The quantitative estimate of drug-likeness (QED) is 0.696. The molecule has 1 aliphatic rings. The summed E-state index contributed by atoms with van der Waals surface area (Å²) in [5.41, 5.74) is 0.516. The third kappa shape index (κ3) is 5.21. The van der Waals surface area contributed by atoms with Gasteiger partial charge in [0.05, 0.1) is 7.11 Å². The maximum atomic E-state index is 9.97. The first-order valence-electron chi connectivity index (χ1n) is 7.83. The van der Waals surface area contributed by atoms with Crippen LogP contribution in [0.4, 0.5) is 0 Å². The highest BCUT2D eigenvalue weighted by molar-refractivity contribution is 5.32. The van der Waals surface area contributed by atoms with E-state index in [0.717, 1.165) is 18.0 Å². The highest BCUT2D eigenvalue weighted by Crippen LogP contribution is 2.48. The smallest absolute Gasteiger partial charge is 0.123 e. The van der Waals surface area contributed by atoms with E-state index in [9.17, 15) is 5.11 Å². The van der Waals surface area contributed by atoms with Crippen molar-refractivity contribution in [3.8, 4) is 11.5 Å². The minimum Gasteiger partial charge on any atom is -0.497 e. The monoisotopic (exact) mass is 293 g/mol. The first-order valence-corrected chi connectivity index (χ1v) is 7.83. The summed E-state index contributed by atoms with van der Waals surface area (Å²) in [4.78, 5) is 0. The van der Waals surface area contributed by atoms with E-state index >= 15 is 0 Å². The van der Waals surface area contributed by atoms with Crippen molar-refractivity contribution in [2.24, 2.45) is 5.41 Å². The molecule has 0 amide bonds. The summed E-state index contributed by atoms with van der Waals surface area (Å²) >= 11 is 0. The second-order valence-corrected chi connectivity index (χ2v) is 6.02. The number of methoxy groups -OCH3 is 1. The van der Waals surface area contributed by atoms with Crippen LogP contribution >= 0.6 is 0 Å². The minimum absolute atomic E-state index is 0.293. The molecule has 0 aliphatic heterocycles. The molecule has 1 atom stereocenters. The summed E-state index contributed by atoms with van der Waals surface area (Å²) in [6.45, 7) is 4.12. The SMILES string of the molecule is CCCC1(CNCC(O)COc2cccc(OC)c2)CC1. The van der Waals surface area contributed by atoms with E-state index in [0.29, 0.717) is 18.6 Å². The van der Waals surface area contributed by atoms with Crippen molar-refractivity contribution in [1.29, 1.82) is 0 Å². The van der Waals surface area contributed by atoms with E-state index in [2.05, 4.69) is 12.2 Å². The predicted octanol–water partition coefficient (Wildman–Crippen LogP) is 2.60. The van der Waals surface area contributed by atoms with Crippen molar-refractivity contribution in [2.75, 3.05) is 26.8 Å². The van der Waals surface area contributed by atoms with Gasteiger partial charge in [0, 0.05) is 19.2 Å². The molecule has 0 aromatic heterocycles. The average Bonchev–Trinajstić information content (AvgIpc) is 3.25. The fourth-order valence-electron chi connectivity index (χ4n) is 2.67. The van der Waals surface area contributed by atoms with Gasteiger partial charge in [0.25, 0.3) is 0 Å². The van der Waals surface area contributed by atoms with E-state index in [1.807, 2.05) is 24.3 Å². The first kappa shape index (κ1) is 16.1. The van der Waals surface area contributed by atoms with E-state index in [4.69, 9.17) is 9.47 Å². The Balaban J connectivity index is 1.64. The van der Waals surface area contributed by atoms with Crippen LogP contribution in [0, 0.1) is 5.41 Å². The maximum absolute atomic E-state index is 9.97. The van der Waals surface area contributed by atoms with E-state index in [1.165, 1.54) is 25.7 Å². The topological polar surface area (TPSA) is 50.7 Å². The van der Waals surface area contributed by atoms with Crippen molar-refractivity contribution >= 4 is 0 Å². The predicted molar refractivity (Wildman–Crippen MR) is 83.9 cm³/mol. The van der Waals surface area contributed by atoms with Gasteiger partial charge < -0.3 is 19.9 Å². The lowest BCUT2D eigenvalue weighted by molar-refractivity contribution is 0.105. The first-order chi connectivity index (χ1) is 10.2. The molecule has 1 aromatic carbocycles. The van der Waals surface area contributed by atoms with E-state index < -0.39 is 6.10 Å². The van der Waals surface area contributed by atoms with Gasteiger partial charge >= 0.3 is 0 Å². The highest BCUT2D eigenvalue weighted by atomic mass is 16.5. The van der Waals surface area contributed by atoms with Gasteiger partial charge in [-0.3, -0.25) is 0 Å². The average molecular weight is 293 g/mol. The number of aliphatic hydroxyl groups is 1. The summed E-state index contributed by atoms with van der Waals surface area (Å²) in [6.07, 6.45) is 4.68. The number of nitrogens with one attached hydrogen (secondary N) is 1. The second-order valence-electron chi connectivity index (χ2n) is 6.02. The third-order valence-corrected chi connectivity index (χ3v) is 4.10.